The van der Waals surface area contributed by atoms with Gasteiger partial charge in [-0.25, -0.2) is 9.78 Å². The zero-order chi connectivity index (χ0) is 14.0. The summed E-state index contributed by atoms with van der Waals surface area (Å²) in [5, 5.41) is 0.939. The van der Waals surface area contributed by atoms with Crippen molar-refractivity contribution in [1.82, 2.24) is 4.98 Å². The Kier molecular flexibility index (Phi) is 4.16. The average Bonchev–Trinajstić information content (AvgIpc) is 2.93. The molecule has 0 aliphatic carbocycles. The van der Waals surface area contributed by atoms with E-state index in [2.05, 4.69) is 4.98 Å². The Bertz CT molecular complexity index is 500. The van der Waals surface area contributed by atoms with E-state index in [1.54, 1.807) is 11.3 Å². The van der Waals surface area contributed by atoms with E-state index < -0.39 is 24.1 Å². The number of thiazole rings is 1. The van der Waals surface area contributed by atoms with Crippen LogP contribution in [0.25, 0.3) is 0 Å². The molecule has 1 aromatic rings. The molecule has 1 amide bonds. The number of rotatable bonds is 4. The van der Waals surface area contributed by atoms with Crippen LogP contribution in [0.4, 0.5) is 0 Å². The van der Waals surface area contributed by atoms with E-state index in [4.69, 9.17) is 15.2 Å². The van der Waals surface area contributed by atoms with Gasteiger partial charge in [0.2, 0.25) is 5.91 Å². The number of ether oxygens (including phenoxy) is 2. The lowest BCUT2D eigenvalue weighted by Gasteiger charge is -2.10. The number of hydrogen-bond donors (Lipinski definition) is 1. The first-order chi connectivity index (χ1) is 8.97. The van der Waals surface area contributed by atoms with Gasteiger partial charge in [-0.15, -0.1) is 11.3 Å². The molecule has 6 nitrogen and oxygen atoms in total. The van der Waals surface area contributed by atoms with Gasteiger partial charge in [-0.1, -0.05) is 0 Å². The SMILES string of the molecule is Cc1nc(COC(=O)C2CCC(C(N)=O)O2)c(C)s1. The molecule has 1 aromatic heterocycles. The number of aryl methyl sites for hydroxylation is 2. The van der Waals surface area contributed by atoms with Crippen LogP contribution in [0.15, 0.2) is 0 Å². The van der Waals surface area contributed by atoms with Crippen LogP contribution in [0.1, 0.15) is 28.4 Å². The van der Waals surface area contributed by atoms with Crippen LogP contribution in [-0.4, -0.2) is 29.1 Å². The molecule has 1 aliphatic heterocycles. The van der Waals surface area contributed by atoms with Crippen molar-refractivity contribution in [2.75, 3.05) is 0 Å². The predicted octanol–water partition coefficient (Wildman–Crippen LogP) is 0.836. The van der Waals surface area contributed by atoms with E-state index in [9.17, 15) is 9.59 Å². The average molecular weight is 284 g/mol. The fourth-order valence-corrected chi connectivity index (χ4v) is 2.78. The normalized spacial score (nSPS) is 22.4. The van der Waals surface area contributed by atoms with Crippen LogP contribution in [0.3, 0.4) is 0 Å². The summed E-state index contributed by atoms with van der Waals surface area (Å²) in [5.74, 6) is -1.00. The second-order valence-electron chi connectivity index (χ2n) is 4.44. The van der Waals surface area contributed by atoms with Crippen molar-refractivity contribution in [2.24, 2.45) is 5.73 Å². The molecule has 0 spiro atoms. The molecule has 1 saturated heterocycles. The first-order valence-corrected chi connectivity index (χ1v) is 6.83. The van der Waals surface area contributed by atoms with Crippen LogP contribution in [0.2, 0.25) is 0 Å². The summed E-state index contributed by atoms with van der Waals surface area (Å²) >= 11 is 1.56. The first kappa shape index (κ1) is 14.0. The smallest absolute Gasteiger partial charge is 0.335 e. The largest absolute Gasteiger partial charge is 0.457 e. The molecule has 0 bridgehead atoms. The number of nitrogens with zero attached hydrogens (tertiary/aromatic N) is 1. The maximum absolute atomic E-state index is 11.8. The van der Waals surface area contributed by atoms with Gasteiger partial charge in [0.1, 0.15) is 12.7 Å². The summed E-state index contributed by atoms with van der Waals surface area (Å²) in [6, 6.07) is 0. The molecule has 2 atom stereocenters. The predicted molar refractivity (Wildman–Crippen MR) is 68.5 cm³/mol. The first-order valence-electron chi connectivity index (χ1n) is 6.01. The highest BCUT2D eigenvalue weighted by molar-refractivity contribution is 7.11. The summed E-state index contributed by atoms with van der Waals surface area (Å²) < 4.78 is 10.4. The Hall–Kier alpha value is -1.47. The van der Waals surface area contributed by atoms with E-state index in [-0.39, 0.29) is 6.61 Å². The minimum atomic E-state index is -0.697. The lowest BCUT2D eigenvalue weighted by molar-refractivity contribution is -0.158. The molecule has 2 N–H and O–H groups in total. The molecular formula is C12H16N2O4S. The maximum atomic E-state index is 11.8. The summed E-state index contributed by atoms with van der Waals surface area (Å²) in [4.78, 5) is 28.0. The van der Waals surface area contributed by atoms with Crippen LogP contribution in [0.5, 0.6) is 0 Å². The second-order valence-corrected chi connectivity index (χ2v) is 5.84. The lowest BCUT2D eigenvalue weighted by Crippen LogP contribution is -2.31. The number of nitrogens with two attached hydrogens (primary N) is 1. The Morgan fingerprint density at radius 2 is 2.11 bits per heavy atom. The Morgan fingerprint density at radius 3 is 2.63 bits per heavy atom. The highest BCUT2D eigenvalue weighted by atomic mass is 32.1. The number of esters is 1. The number of carbonyl (C=O) groups is 2. The van der Waals surface area contributed by atoms with Crippen LogP contribution >= 0.6 is 11.3 Å². The monoisotopic (exact) mass is 284 g/mol. The van der Waals surface area contributed by atoms with Gasteiger partial charge in [0.15, 0.2) is 6.10 Å². The number of hydrogen-bond acceptors (Lipinski definition) is 6. The summed E-state index contributed by atoms with van der Waals surface area (Å²) in [6.07, 6.45) is -0.454. The van der Waals surface area contributed by atoms with Crippen molar-refractivity contribution < 1.29 is 19.1 Å². The highest BCUT2D eigenvalue weighted by Crippen LogP contribution is 2.22. The lowest BCUT2D eigenvalue weighted by atomic mass is 10.2. The number of primary amides is 1. The summed E-state index contributed by atoms with van der Waals surface area (Å²) in [5.41, 5.74) is 5.89. The second kappa shape index (κ2) is 5.66. The van der Waals surface area contributed by atoms with E-state index in [1.165, 1.54) is 0 Å². The molecule has 0 saturated carbocycles. The molecule has 2 heterocycles. The van der Waals surface area contributed by atoms with Gasteiger partial charge in [-0.3, -0.25) is 4.79 Å². The molecule has 2 unspecified atom stereocenters. The molecule has 0 aromatic carbocycles. The van der Waals surface area contributed by atoms with Crippen molar-refractivity contribution in [3.8, 4) is 0 Å². The molecule has 7 heteroatoms. The minimum absolute atomic E-state index is 0.135. The number of carbonyl (C=O) groups excluding carboxylic acids is 2. The quantitative estimate of drug-likeness (QED) is 0.827. The zero-order valence-electron chi connectivity index (χ0n) is 10.8. The maximum Gasteiger partial charge on any atom is 0.335 e. The molecule has 1 fully saturated rings. The Balaban J connectivity index is 1.85. The number of aromatic nitrogens is 1. The van der Waals surface area contributed by atoms with Crippen LogP contribution in [-0.2, 0) is 25.7 Å². The van der Waals surface area contributed by atoms with Crippen molar-refractivity contribution in [1.29, 1.82) is 0 Å². The van der Waals surface area contributed by atoms with Gasteiger partial charge < -0.3 is 15.2 Å². The van der Waals surface area contributed by atoms with Crippen LogP contribution in [0, 0.1) is 13.8 Å². The third-order valence-electron chi connectivity index (χ3n) is 2.95. The van der Waals surface area contributed by atoms with Crippen LogP contribution < -0.4 is 5.73 Å². The summed E-state index contributed by atoms with van der Waals surface area (Å²) in [6.45, 7) is 3.97. The van der Waals surface area contributed by atoms with Crippen molar-refractivity contribution in [3.05, 3.63) is 15.6 Å². The van der Waals surface area contributed by atoms with Gasteiger partial charge in [-0.05, 0) is 26.7 Å². The molecule has 104 valence electrons. The standard InChI is InChI=1S/C12H16N2O4S/c1-6-8(14-7(2)19-6)5-17-12(16)10-4-3-9(18-10)11(13)15/h9-10H,3-5H2,1-2H3,(H2,13,15). The highest BCUT2D eigenvalue weighted by Gasteiger charge is 2.34. The molecule has 1 aliphatic rings. The van der Waals surface area contributed by atoms with Gasteiger partial charge in [0.05, 0.1) is 10.7 Å². The number of amides is 1. The van der Waals surface area contributed by atoms with Crippen molar-refractivity contribution in [2.45, 2.75) is 45.5 Å². The van der Waals surface area contributed by atoms with Gasteiger partial charge in [0.25, 0.3) is 0 Å². The third-order valence-corrected chi connectivity index (χ3v) is 3.88. The van der Waals surface area contributed by atoms with Gasteiger partial charge in [0, 0.05) is 4.88 Å². The molecule has 19 heavy (non-hydrogen) atoms. The summed E-state index contributed by atoms with van der Waals surface area (Å²) in [7, 11) is 0. The topological polar surface area (TPSA) is 91.5 Å². The third kappa shape index (κ3) is 3.30. The molecular weight excluding hydrogens is 268 g/mol. The van der Waals surface area contributed by atoms with E-state index in [0.29, 0.717) is 12.8 Å². The zero-order valence-corrected chi connectivity index (χ0v) is 11.7. The van der Waals surface area contributed by atoms with E-state index in [0.717, 1.165) is 15.6 Å². The minimum Gasteiger partial charge on any atom is -0.457 e. The van der Waals surface area contributed by atoms with Crippen molar-refractivity contribution in [3.63, 3.8) is 0 Å². The fraction of sp³-hybridized carbons (Fsp3) is 0.583. The van der Waals surface area contributed by atoms with E-state index in [1.807, 2.05) is 13.8 Å². The molecule has 2 rings (SSSR count). The Morgan fingerprint density at radius 1 is 1.42 bits per heavy atom. The Labute approximate surface area is 114 Å². The molecule has 0 radical (unpaired) electrons. The van der Waals surface area contributed by atoms with Gasteiger partial charge in [-0.2, -0.15) is 0 Å². The van der Waals surface area contributed by atoms with E-state index >= 15 is 0 Å². The van der Waals surface area contributed by atoms with Gasteiger partial charge >= 0.3 is 5.97 Å². The van der Waals surface area contributed by atoms with Crippen molar-refractivity contribution >= 4 is 23.2 Å². The fourth-order valence-electron chi connectivity index (χ4n) is 1.96.